The van der Waals surface area contributed by atoms with Crippen molar-refractivity contribution in [1.29, 1.82) is 0 Å². The number of carbonyl (C=O) groups excluding carboxylic acids is 1. The predicted molar refractivity (Wildman–Crippen MR) is 91.0 cm³/mol. The number of hydrogen-bond acceptors (Lipinski definition) is 5. The van der Waals surface area contributed by atoms with Crippen molar-refractivity contribution >= 4 is 16.9 Å². The third kappa shape index (κ3) is 2.89. The highest BCUT2D eigenvalue weighted by atomic mass is 16.5. The van der Waals surface area contributed by atoms with E-state index in [1.165, 1.54) is 0 Å². The third-order valence-corrected chi connectivity index (χ3v) is 4.56. The fourth-order valence-corrected chi connectivity index (χ4v) is 3.11. The fraction of sp³-hybridized carbons (Fsp3) is 0.412. The number of fused-ring (bicyclic) bond motifs is 1. The Morgan fingerprint density at radius 1 is 1.40 bits per heavy atom. The van der Waals surface area contributed by atoms with Gasteiger partial charge in [-0.25, -0.2) is 4.68 Å². The van der Waals surface area contributed by atoms with Gasteiger partial charge in [-0.3, -0.25) is 9.48 Å². The van der Waals surface area contributed by atoms with Crippen molar-refractivity contribution in [1.82, 2.24) is 29.7 Å². The lowest BCUT2D eigenvalue weighted by molar-refractivity contribution is -0.0228. The summed E-state index contributed by atoms with van der Waals surface area (Å²) >= 11 is 0. The van der Waals surface area contributed by atoms with Gasteiger partial charge in [0.1, 0.15) is 11.6 Å². The van der Waals surface area contributed by atoms with E-state index < -0.39 is 0 Å². The first-order chi connectivity index (χ1) is 12.2. The molecular weight excluding hydrogens is 320 g/mol. The van der Waals surface area contributed by atoms with Crippen LogP contribution >= 0.6 is 0 Å². The highest BCUT2D eigenvalue weighted by Crippen LogP contribution is 2.23. The Labute approximate surface area is 145 Å². The molecule has 1 amide bonds. The van der Waals surface area contributed by atoms with E-state index in [0.717, 1.165) is 23.1 Å². The van der Waals surface area contributed by atoms with Crippen molar-refractivity contribution in [3.05, 3.63) is 41.7 Å². The Kier molecular flexibility index (Phi) is 3.96. The summed E-state index contributed by atoms with van der Waals surface area (Å²) in [5.41, 5.74) is 3.26. The summed E-state index contributed by atoms with van der Waals surface area (Å²) in [7, 11) is 1.83. The van der Waals surface area contributed by atoms with Crippen LogP contribution in [0.15, 0.2) is 30.6 Å². The van der Waals surface area contributed by atoms with Gasteiger partial charge >= 0.3 is 0 Å². The number of benzene rings is 1. The first-order valence-corrected chi connectivity index (χ1v) is 8.38. The van der Waals surface area contributed by atoms with E-state index in [-0.39, 0.29) is 12.0 Å². The molecule has 3 aromatic rings. The second-order valence-electron chi connectivity index (χ2n) is 6.16. The molecule has 0 saturated carbocycles. The molecule has 0 radical (unpaired) electrons. The maximum Gasteiger partial charge on any atom is 0.254 e. The number of carbonyl (C=O) groups is 1. The summed E-state index contributed by atoms with van der Waals surface area (Å²) in [6, 6.07) is 5.50. The second-order valence-corrected chi connectivity index (χ2v) is 6.16. The number of aromatic nitrogens is 5. The lowest BCUT2D eigenvalue weighted by atomic mass is 10.1. The topological polar surface area (TPSA) is 78.1 Å². The van der Waals surface area contributed by atoms with Gasteiger partial charge in [-0.1, -0.05) is 5.21 Å². The molecule has 0 aliphatic carbocycles. The molecule has 0 unspecified atom stereocenters. The van der Waals surface area contributed by atoms with Crippen LogP contribution in [0.2, 0.25) is 0 Å². The standard InChI is InChI=1S/C17H20N6O2/c1-3-23-10-13(9-18-23)16-11-22(6-7-25-16)17(24)12-4-5-15-14(8-12)19-20-21(15)2/h4-5,8-10,16H,3,6-7,11H2,1-2H3/t16-/m0/s1. The minimum atomic E-state index is -0.141. The number of aryl methyl sites for hydroxylation is 2. The number of rotatable bonds is 3. The minimum absolute atomic E-state index is 0.0104. The molecule has 0 N–H and O–H groups in total. The number of ether oxygens (including phenoxy) is 1. The van der Waals surface area contributed by atoms with Crippen molar-refractivity contribution < 1.29 is 9.53 Å². The van der Waals surface area contributed by atoms with Crippen LogP contribution in [0.4, 0.5) is 0 Å². The Balaban J connectivity index is 1.54. The van der Waals surface area contributed by atoms with Crippen LogP contribution in [0.1, 0.15) is 28.9 Å². The van der Waals surface area contributed by atoms with Gasteiger partial charge in [0, 0.05) is 37.5 Å². The maximum atomic E-state index is 12.9. The van der Waals surface area contributed by atoms with Gasteiger partial charge in [0.25, 0.3) is 5.91 Å². The summed E-state index contributed by atoms with van der Waals surface area (Å²) in [6.07, 6.45) is 3.65. The second kappa shape index (κ2) is 6.29. The summed E-state index contributed by atoms with van der Waals surface area (Å²) in [4.78, 5) is 14.7. The van der Waals surface area contributed by atoms with E-state index in [9.17, 15) is 4.79 Å². The van der Waals surface area contributed by atoms with E-state index in [1.54, 1.807) is 10.7 Å². The normalized spacial score (nSPS) is 18.0. The first-order valence-electron chi connectivity index (χ1n) is 8.38. The van der Waals surface area contributed by atoms with Crippen molar-refractivity contribution in [2.45, 2.75) is 19.6 Å². The van der Waals surface area contributed by atoms with Crippen LogP contribution in [-0.2, 0) is 18.3 Å². The Bertz CT molecular complexity index is 915. The van der Waals surface area contributed by atoms with E-state index >= 15 is 0 Å². The van der Waals surface area contributed by atoms with Crippen LogP contribution < -0.4 is 0 Å². The zero-order valence-corrected chi connectivity index (χ0v) is 14.3. The number of hydrogen-bond donors (Lipinski definition) is 0. The van der Waals surface area contributed by atoms with Gasteiger partial charge < -0.3 is 9.64 Å². The van der Waals surface area contributed by atoms with Gasteiger partial charge in [-0.2, -0.15) is 5.10 Å². The molecule has 1 fully saturated rings. The molecule has 2 aromatic heterocycles. The van der Waals surface area contributed by atoms with Crippen LogP contribution in [0, 0.1) is 0 Å². The Morgan fingerprint density at radius 2 is 2.28 bits per heavy atom. The van der Waals surface area contributed by atoms with Gasteiger partial charge in [0.05, 0.1) is 24.9 Å². The van der Waals surface area contributed by atoms with Gasteiger partial charge in [-0.05, 0) is 25.1 Å². The highest BCUT2D eigenvalue weighted by Gasteiger charge is 2.27. The molecule has 4 rings (SSSR count). The maximum absolute atomic E-state index is 12.9. The van der Waals surface area contributed by atoms with Crippen molar-refractivity contribution in [3.63, 3.8) is 0 Å². The molecular formula is C17H20N6O2. The molecule has 8 heteroatoms. The predicted octanol–water partition coefficient (Wildman–Crippen LogP) is 1.40. The van der Waals surface area contributed by atoms with Crippen LogP contribution in [0.5, 0.6) is 0 Å². The van der Waals surface area contributed by atoms with Crippen LogP contribution in [0.25, 0.3) is 11.0 Å². The Morgan fingerprint density at radius 3 is 3.08 bits per heavy atom. The fourth-order valence-electron chi connectivity index (χ4n) is 3.11. The van der Waals surface area contributed by atoms with Crippen molar-refractivity contribution in [2.75, 3.05) is 19.7 Å². The minimum Gasteiger partial charge on any atom is -0.370 e. The van der Waals surface area contributed by atoms with E-state index in [4.69, 9.17) is 4.74 Å². The van der Waals surface area contributed by atoms with E-state index in [1.807, 2.05) is 48.1 Å². The summed E-state index contributed by atoms with van der Waals surface area (Å²) in [6.45, 7) is 4.47. The number of amides is 1. The molecule has 25 heavy (non-hydrogen) atoms. The largest absolute Gasteiger partial charge is 0.370 e. The SMILES string of the molecule is CCn1cc([C@@H]2CN(C(=O)c3ccc4c(c3)nnn4C)CCO2)cn1. The molecule has 1 atom stereocenters. The van der Waals surface area contributed by atoms with Gasteiger partial charge in [-0.15, -0.1) is 5.10 Å². The average molecular weight is 340 g/mol. The zero-order chi connectivity index (χ0) is 17.4. The highest BCUT2D eigenvalue weighted by molar-refractivity contribution is 5.97. The number of nitrogens with zero attached hydrogens (tertiary/aromatic N) is 6. The van der Waals surface area contributed by atoms with Crippen LogP contribution in [0.3, 0.4) is 0 Å². The molecule has 8 nitrogen and oxygen atoms in total. The lowest BCUT2D eigenvalue weighted by Gasteiger charge is -2.32. The number of morpholine rings is 1. The molecule has 1 aliphatic heterocycles. The third-order valence-electron chi connectivity index (χ3n) is 4.56. The first kappa shape index (κ1) is 15.8. The molecule has 1 saturated heterocycles. The van der Waals surface area contributed by atoms with Crippen molar-refractivity contribution in [2.24, 2.45) is 7.05 Å². The molecule has 1 aliphatic rings. The lowest BCUT2D eigenvalue weighted by Crippen LogP contribution is -2.42. The van der Waals surface area contributed by atoms with E-state index in [2.05, 4.69) is 15.4 Å². The van der Waals surface area contributed by atoms with Gasteiger partial charge in [0.2, 0.25) is 0 Å². The summed E-state index contributed by atoms with van der Waals surface area (Å²) in [5, 5.41) is 12.4. The summed E-state index contributed by atoms with van der Waals surface area (Å²) in [5.74, 6) is -0.0104. The quantitative estimate of drug-likeness (QED) is 0.720. The molecule has 0 spiro atoms. The average Bonchev–Trinajstić information content (AvgIpc) is 3.28. The molecule has 0 bridgehead atoms. The smallest absolute Gasteiger partial charge is 0.254 e. The molecule has 130 valence electrons. The van der Waals surface area contributed by atoms with Crippen molar-refractivity contribution in [3.8, 4) is 0 Å². The molecule has 3 heterocycles. The van der Waals surface area contributed by atoms with Crippen LogP contribution in [-0.4, -0.2) is 55.3 Å². The Hall–Kier alpha value is -2.74. The monoisotopic (exact) mass is 340 g/mol. The molecule has 1 aromatic carbocycles. The van der Waals surface area contributed by atoms with E-state index in [0.29, 0.717) is 25.3 Å². The zero-order valence-electron chi connectivity index (χ0n) is 14.3. The summed E-state index contributed by atoms with van der Waals surface area (Å²) < 4.78 is 9.40. The van der Waals surface area contributed by atoms with Gasteiger partial charge in [0.15, 0.2) is 0 Å².